The van der Waals surface area contributed by atoms with Gasteiger partial charge in [0, 0.05) is 13.5 Å². The zero-order chi connectivity index (χ0) is 7.72. The molecule has 1 aliphatic heterocycles. The van der Waals surface area contributed by atoms with Gasteiger partial charge < -0.3 is 10.0 Å². The summed E-state index contributed by atoms with van der Waals surface area (Å²) < 4.78 is 0. The van der Waals surface area contributed by atoms with Gasteiger partial charge in [-0.25, -0.2) is 0 Å². The molecule has 0 aromatic heterocycles. The standard InChI is InChI=1S/C7H13NO2/c1-5(9)7-3-4-8(7)6(2)10/h5,7,9H,3-4H2,1-2H3. The van der Waals surface area contributed by atoms with Gasteiger partial charge in [-0.15, -0.1) is 0 Å². The van der Waals surface area contributed by atoms with Gasteiger partial charge in [0.25, 0.3) is 0 Å². The molecule has 1 rings (SSSR count). The Hall–Kier alpha value is -0.570. The molecule has 0 aliphatic carbocycles. The quantitative estimate of drug-likeness (QED) is 0.560. The van der Waals surface area contributed by atoms with Crippen molar-refractivity contribution < 1.29 is 9.90 Å². The van der Waals surface area contributed by atoms with Crippen LogP contribution in [0, 0.1) is 0 Å². The van der Waals surface area contributed by atoms with Crippen molar-refractivity contribution >= 4 is 5.91 Å². The summed E-state index contributed by atoms with van der Waals surface area (Å²) in [6, 6.07) is 0.0810. The first-order valence-electron chi connectivity index (χ1n) is 3.58. The van der Waals surface area contributed by atoms with E-state index >= 15 is 0 Å². The second kappa shape index (κ2) is 2.58. The van der Waals surface area contributed by atoms with Crippen LogP contribution in [-0.4, -0.2) is 34.6 Å². The third kappa shape index (κ3) is 1.14. The summed E-state index contributed by atoms with van der Waals surface area (Å²) in [7, 11) is 0. The first kappa shape index (κ1) is 7.54. The Balaban J connectivity index is 2.43. The molecule has 58 valence electrons. The fourth-order valence-corrected chi connectivity index (χ4v) is 1.30. The van der Waals surface area contributed by atoms with Gasteiger partial charge in [0.2, 0.25) is 5.91 Å². The molecule has 1 heterocycles. The highest BCUT2D eigenvalue weighted by Crippen LogP contribution is 2.19. The molecule has 1 saturated heterocycles. The highest BCUT2D eigenvalue weighted by Gasteiger charge is 2.32. The third-order valence-electron chi connectivity index (χ3n) is 2.03. The maximum atomic E-state index is 10.8. The van der Waals surface area contributed by atoms with E-state index in [2.05, 4.69) is 0 Å². The number of hydrogen-bond donors (Lipinski definition) is 1. The number of amides is 1. The average Bonchev–Trinajstić information content (AvgIpc) is 1.56. The third-order valence-corrected chi connectivity index (χ3v) is 2.03. The van der Waals surface area contributed by atoms with Gasteiger partial charge in [0.1, 0.15) is 0 Å². The van der Waals surface area contributed by atoms with E-state index in [4.69, 9.17) is 5.11 Å². The van der Waals surface area contributed by atoms with Crippen LogP contribution in [0.15, 0.2) is 0 Å². The molecule has 1 aliphatic rings. The number of carbonyl (C=O) groups excluding carboxylic acids is 1. The van der Waals surface area contributed by atoms with Gasteiger partial charge in [-0.2, -0.15) is 0 Å². The minimum Gasteiger partial charge on any atom is -0.391 e. The summed E-state index contributed by atoms with van der Waals surface area (Å²) in [5.74, 6) is 0.0668. The van der Waals surface area contributed by atoms with E-state index in [1.807, 2.05) is 0 Å². The number of nitrogens with zero attached hydrogens (tertiary/aromatic N) is 1. The van der Waals surface area contributed by atoms with Crippen LogP contribution >= 0.6 is 0 Å². The number of aliphatic hydroxyl groups excluding tert-OH is 1. The van der Waals surface area contributed by atoms with Crippen LogP contribution in [0.3, 0.4) is 0 Å². The molecular formula is C7H13NO2. The van der Waals surface area contributed by atoms with Crippen LogP contribution in [0.2, 0.25) is 0 Å². The fraction of sp³-hybridized carbons (Fsp3) is 0.857. The van der Waals surface area contributed by atoms with E-state index in [1.54, 1.807) is 11.8 Å². The number of aliphatic hydroxyl groups is 1. The van der Waals surface area contributed by atoms with Gasteiger partial charge in [-0.1, -0.05) is 0 Å². The lowest BCUT2D eigenvalue weighted by Crippen LogP contribution is -2.55. The molecule has 3 heteroatoms. The van der Waals surface area contributed by atoms with Crippen molar-refractivity contribution in [1.29, 1.82) is 0 Å². The Morgan fingerprint density at radius 1 is 1.80 bits per heavy atom. The lowest BCUT2D eigenvalue weighted by Gasteiger charge is -2.42. The molecule has 0 bridgehead atoms. The van der Waals surface area contributed by atoms with Crippen LogP contribution in [0.25, 0.3) is 0 Å². The number of carbonyl (C=O) groups is 1. The van der Waals surface area contributed by atoms with Crippen LogP contribution in [0.1, 0.15) is 20.3 Å². The van der Waals surface area contributed by atoms with Crippen molar-refractivity contribution in [2.75, 3.05) is 6.54 Å². The fourth-order valence-electron chi connectivity index (χ4n) is 1.30. The van der Waals surface area contributed by atoms with E-state index in [0.717, 1.165) is 13.0 Å². The molecule has 1 fully saturated rings. The summed E-state index contributed by atoms with van der Waals surface area (Å²) in [4.78, 5) is 12.5. The second-order valence-electron chi connectivity index (χ2n) is 2.81. The van der Waals surface area contributed by atoms with E-state index in [1.165, 1.54) is 6.92 Å². The lowest BCUT2D eigenvalue weighted by molar-refractivity contribution is -0.140. The van der Waals surface area contributed by atoms with Gasteiger partial charge in [0.05, 0.1) is 12.1 Å². The molecule has 0 radical (unpaired) electrons. The minimum atomic E-state index is -0.377. The largest absolute Gasteiger partial charge is 0.391 e. The van der Waals surface area contributed by atoms with E-state index < -0.39 is 0 Å². The second-order valence-corrected chi connectivity index (χ2v) is 2.81. The van der Waals surface area contributed by atoms with Crippen molar-refractivity contribution in [2.45, 2.75) is 32.4 Å². The van der Waals surface area contributed by atoms with Crippen molar-refractivity contribution in [1.82, 2.24) is 4.90 Å². The van der Waals surface area contributed by atoms with Crippen LogP contribution in [-0.2, 0) is 4.79 Å². The summed E-state index contributed by atoms with van der Waals surface area (Å²) in [5.41, 5.74) is 0. The molecule has 0 aromatic carbocycles. The first-order chi connectivity index (χ1) is 4.63. The Morgan fingerprint density at radius 2 is 2.40 bits per heavy atom. The molecule has 3 nitrogen and oxygen atoms in total. The predicted octanol–water partition coefficient (Wildman–Crippen LogP) is -0.0120. The van der Waals surface area contributed by atoms with Crippen molar-refractivity contribution in [3.8, 4) is 0 Å². The van der Waals surface area contributed by atoms with Crippen LogP contribution in [0.5, 0.6) is 0 Å². The van der Waals surface area contributed by atoms with E-state index in [9.17, 15) is 4.79 Å². The van der Waals surface area contributed by atoms with Gasteiger partial charge in [-0.05, 0) is 13.3 Å². The summed E-state index contributed by atoms with van der Waals surface area (Å²) in [6.07, 6.45) is 0.565. The molecule has 0 spiro atoms. The van der Waals surface area contributed by atoms with Crippen LogP contribution < -0.4 is 0 Å². The molecule has 2 atom stereocenters. The number of rotatable bonds is 1. The molecule has 0 saturated carbocycles. The van der Waals surface area contributed by atoms with Crippen LogP contribution in [0.4, 0.5) is 0 Å². The smallest absolute Gasteiger partial charge is 0.219 e. The normalized spacial score (nSPS) is 27.5. The topological polar surface area (TPSA) is 40.5 Å². The lowest BCUT2D eigenvalue weighted by atomic mass is 9.98. The molecule has 1 N–H and O–H groups in total. The molecule has 0 aromatic rings. The van der Waals surface area contributed by atoms with Crippen molar-refractivity contribution in [2.24, 2.45) is 0 Å². The van der Waals surface area contributed by atoms with Crippen molar-refractivity contribution in [3.63, 3.8) is 0 Å². The van der Waals surface area contributed by atoms with Gasteiger partial charge >= 0.3 is 0 Å². The van der Waals surface area contributed by atoms with E-state index in [0.29, 0.717) is 0 Å². The highest BCUT2D eigenvalue weighted by molar-refractivity contribution is 5.74. The average molecular weight is 143 g/mol. The molecular weight excluding hydrogens is 130 g/mol. The molecule has 2 unspecified atom stereocenters. The maximum Gasteiger partial charge on any atom is 0.219 e. The Kier molecular flexibility index (Phi) is 1.94. The number of likely N-dealkylation sites (tertiary alicyclic amines) is 1. The minimum absolute atomic E-state index is 0.0668. The predicted molar refractivity (Wildman–Crippen MR) is 37.5 cm³/mol. The molecule has 10 heavy (non-hydrogen) atoms. The monoisotopic (exact) mass is 143 g/mol. The zero-order valence-corrected chi connectivity index (χ0v) is 6.37. The number of hydrogen-bond acceptors (Lipinski definition) is 2. The summed E-state index contributed by atoms with van der Waals surface area (Å²) >= 11 is 0. The van der Waals surface area contributed by atoms with Crippen molar-refractivity contribution in [3.05, 3.63) is 0 Å². The van der Waals surface area contributed by atoms with Gasteiger partial charge in [0.15, 0.2) is 0 Å². The molecule has 1 amide bonds. The first-order valence-corrected chi connectivity index (χ1v) is 3.58. The Bertz CT molecular complexity index is 145. The Morgan fingerprint density at radius 3 is 2.50 bits per heavy atom. The summed E-state index contributed by atoms with van der Waals surface area (Å²) in [5, 5.41) is 9.10. The summed E-state index contributed by atoms with van der Waals surface area (Å²) in [6.45, 7) is 4.07. The zero-order valence-electron chi connectivity index (χ0n) is 6.37. The highest BCUT2D eigenvalue weighted by atomic mass is 16.3. The SMILES string of the molecule is CC(=O)N1CCC1C(C)O. The van der Waals surface area contributed by atoms with E-state index in [-0.39, 0.29) is 18.1 Å². The van der Waals surface area contributed by atoms with Gasteiger partial charge in [-0.3, -0.25) is 4.79 Å². The maximum absolute atomic E-state index is 10.8. The Labute approximate surface area is 60.6 Å².